The molecule has 0 N–H and O–H groups in total. The van der Waals surface area contributed by atoms with Crippen molar-refractivity contribution in [2.75, 3.05) is 0 Å². The van der Waals surface area contributed by atoms with Crippen molar-refractivity contribution in [1.29, 1.82) is 0 Å². The van der Waals surface area contributed by atoms with E-state index in [1.54, 1.807) is 6.08 Å². The van der Waals surface area contributed by atoms with E-state index in [0.29, 0.717) is 0 Å². The molecule has 2 aromatic rings. The monoisotopic (exact) mass is 402 g/mol. The Morgan fingerprint density at radius 1 is 1.11 bits per heavy atom. The van der Waals surface area contributed by atoms with Gasteiger partial charge in [-0.2, -0.15) is 0 Å². The highest BCUT2D eigenvalue weighted by Crippen LogP contribution is 2.60. The highest BCUT2D eigenvalue weighted by molar-refractivity contribution is 6.55. The minimum Gasteiger partial charge on any atom is -0.461 e. The lowest BCUT2D eigenvalue weighted by molar-refractivity contribution is -0.147. The summed E-state index contributed by atoms with van der Waals surface area (Å²) in [5, 5.41) is 0. The van der Waals surface area contributed by atoms with Crippen LogP contribution in [0.1, 0.15) is 30.5 Å². The Kier molecular flexibility index (Phi) is 5.69. The lowest BCUT2D eigenvalue weighted by Crippen LogP contribution is -2.12. The number of allylic oxidation sites excluding steroid dienone is 1. The second kappa shape index (κ2) is 7.69. The maximum absolute atomic E-state index is 12.6. The molecule has 142 valence electrons. The number of aryl methyl sites for hydroxylation is 1. The Balaban J connectivity index is 1.77. The van der Waals surface area contributed by atoms with Crippen LogP contribution >= 0.6 is 23.2 Å². The highest BCUT2D eigenvalue weighted by Gasteiger charge is 2.61. The first-order valence-corrected chi connectivity index (χ1v) is 9.83. The van der Waals surface area contributed by atoms with Gasteiger partial charge in [0.05, 0.1) is 5.92 Å². The van der Waals surface area contributed by atoms with Gasteiger partial charge in [-0.25, -0.2) is 0 Å². The van der Waals surface area contributed by atoms with E-state index in [0.717, 1.165) is 27.8 Å². The maximum Gasteiger partial charge on any atom is 0.310 e. The largest absolute Gasteiger partial charge is 0.461 e. The third-order valence-electron chi connectivity index (χ3n) is 5.75. The minimum absolute atomic E-state index is 0.0212. The number of hydrogen-bond acceptors (Lipinski definition) is 2. The summed E-state index contributed by atoms with van der Waals surface area (Å²) in [6.07, 6.45) is 1.74. The van der Waals surface area contributed by atoms with E-state index in [1.807, 2.05) is 39.0 Å². The van der Waals surface area contributed by atoms with Crippen molar-refractivity contribution in [3.05, 3.63) is 69.7 Å². The number of carbonyl (C=O) groups excluding carboxylic acids is 1. The number of halogens is 2. The van der Waals surface area contributed by atoms with Gasteiger partial charge >= 0.3 is 5.97 Å². The quantitative estimate of drug-likeness (QED) is 0.526. The molecule has 1 saturated carbocycles. The lowest BCUT2D eigenvalue weighted by atomic mass is 9.94. The summed E-state index contributed by atoms with van der Waals surface area (Å²) in [6.45, 7) is 8.46. The fraction of sp³-hybridized carbons (Fsp3) is 0.348. The van der Waals surface area contributed by atoms with Gasteiger partial charge in [0.25, 0.3) is 0 Å². The second-order valence-corrected chi connectivity index (χ2v) is 8.80. The van der Waals surface area contributed by atoms with Gasteiger partial charge in [0, 0.05) is 0 Å². The van der Waals surface area contributed by atoms with Crippen molar-refractivity contribution in [3.8, 4) is 11.1 Å². The Labute approximate surface area is 171 Å². The molecule has 4 heteroatoms. The minimum atomic E-state index is -0.206. The average Bonchev–Trinajstić information content (AvgIpc) is 3.14. The van der Waals surface area contributed by atoms with E-state index in [2.05, 4.69) is 31.2 Å². The molecule has 0 heterocycles. The molecule has 0 spiro atoms. The van der Waals surface area contributed by atoms with Gasteiger partial charge in [-0.3, -0.25) is 4.79 Å². The third kappa shape index (κ3) is 4.07. The SMILES string of the molecule is Cc1ccc(-c2ccccc2)c(C)c1COC(=O)[C@H]1[C@@H](C=C(Cl)Cl)C1(C)C. The summed E-state index contributed by atoms with van der Waals surface area (Å²) in [5.41, 5.74) is 5.47. The summed E-state index contributed by atoms with van der Waals surface area (Å²) >= 11 is 11.5. The van der Waals surface area contributed by atoms with Gasteiger partial charge in [-0.1, -0.05) is 79.5 Å². The van der Waals surface area contributed by atoms with E-state index in [9.17, 15) is 4.79 Å². The number of ether oxygens (including phenoxy) is 1. The van der Waals surface area contributed by atoms with Crippen LogP contribution in [0.4, 0.5) is 0 Å². The van der Waals surface area contributed by atoms with Crippen LogP contribution in [0.25, 0.3) is 11.1 Å². The van der Waals surface area contributed by atoms with Gasteiger partial charge in [0.2, 0.25) is 0 Å². The average molecular weight is 403 g/mol. The summed E-state index contributed by atoms with van der Waals surface area (Å²) in [7, 11) is 0. The first-order valence-electron chi connectivity index (χ1n) is 9.07. The molecule has 0 radical (unpaired) electrons. The van der Waals surface area contributed by atoms with E-state index >= 15 is 0 Å². The molecule has 0 saturated heterocycles. The van der Waals surface area contributed by atoms with Crippen LogP contribution in [0.3, 0.4) is 0 Å². The van der Waals surface area contributed by atoms with Crippen molar-refractivity contribution in [2.45, 2.75) is 34.3 Å². The standard InChI is InChI=1S/C23H24Cl2O2/c1-14-10-11-17(16-8-6-5-7-9-16)15(2)18(14)13-27-22(26)21-19(12-20(24)25)23(21,3)4/h5-12,19,21H,13H2,1-4H3/t19-,21-/m1/s1. The zero-order valence-electron chi connectivity index (χ0n) is 16.1. The lowest BCUT2D eigenvalue weighted by Gasteiger charge is -2.15. The van der Waals surface area contributed by atoms with Crippen molar-refractivity contribution < 1.29 is 9.53 Å². The van der Waals surface area contributed by atoms with E-state index in [1.165, 1.54) is 0 Å². The molecule has 0 aliphatic heterocycles. The molecule has 1 fully saturated rings. The molecule has 27 heavy (non-hydrogen) atoms. The molecule has 0 amide bonds. The number of hydrogen-bond donors (Lipinski definition) is 0. The van der Waals surface area contributed by atoms with Crippen LogP contribution in [0.15, 0.2) is 53.0 Å². The fourth-order valence-electron chi connectivity index (χ4n) is 3.85. The van der Waals surface area contributed by atoms with E-state index in [-0.39, 0.29) is 34.3 Å². The van der Waals surface area contributed by atoms with E-state index in [4.69, 9.17) is 27.9 Å². The number of benzene rings is 2. The Hall–Kier alpha value is -1.77. The third-order valence-corrected chi connectivity index (χ3v) is 6.00. The zero-order valence-corrected chi connectivity index (χ0v) is 17.6. The molecular formula is C23H24Cl2O2. The summed E-state index contributed by atoms with van der Waals surface area (Å²) < 4.78 is 5.90. The Morgan fingerprint density at radius 3 is 2.41 bits per heavy atom. The van der Waals surface area contributed by atoms with Crippen molar-refractivity contribution in [1.82, 2.24) is 0 Å². The van der Waals surface area contributed by atoms with Crippen molar-refractivity contribution in [2.24, 2.45) is 17.3 Å². The van der Waals surface area contributed by atoms with Crippen molar-refractivity contribution in [3.63, 3.8) is 0 Å². The van der Waals surface area contributed by atoms with Crippen LogP contribution in [0, 0.1) is 31.1 Å². The number of carbonyl (C=O) groups is 1. The van der Waals surface area contributed by atoms with E-state index < -0.39 is 0 Å². The highest BCUT2D eigenvalue weighted by atomic mass is 35.5. The Morgan fingerprint density at radius 2 is 1.78 bits per heavy atom. The molecule has 1 aliphatic rings. The summed E-state index contributed by atoms with van der Waals surface area (Å²) in [6, 6.07) is 14.4. The van der Waals surface area contributed by atoms with Gasteiger partial charge in [0.15, 0.2) is 0 Å². The zero-order chi connectivity index (χ0) is 19.8. The first-order chi connectivity index (χ1) is 12.7. The van der Waals surface area contributed by atoms with Gasteiger partial charge in [0.1, 0.15) is 11.1 Å². The molecule has 2 atom stereocenters. The smallest absolute Gasteiger partial charge is 0.310 e. The fourth-order valence-corrected chi connectivity index (χ4v) is 4.12. The number of esters is 1. The van der Waals surface area contributed by atoms with Crippen LogP contribution in [0.2, 0.25) is 0 Å². The molecule has 3 rings (SSSR count). The molecule has 0 unspecified atom stereocenters. The van der Waals surface area contributed by atoms with Gasteiger partial charge < -0.3 is 4.74 Å². The van der Waals surface area contributed by atoms with Crippen molar-refractivity contribution >= 4 is 29.2 Å². The topological polar surface area (TPSA) is 26.3 Å². The first kappa shape index (κ1) is 20.0. The molecule has 2 aromatic carbocycles. The Bertz CT molecular complexity index is 881. The van der Waals surface area contributed by atoms with Crippen LogP contribution in [0.5, 0.6) is 0 Å². The number of rotatable bonds is 5. The molecular weight excluding hydrogens is 379 g/mol. The molecule has 0 bridgehead atoms. The molecule has 2 nitrogen and oxygen atoms in total. The van der Waals surface area contributed by atoms with Gasteiger partial charge in [-0.15, -0.1) is 0 Å². The molecule has 0 aromatic heterocycles. The summed E-state index contributed by atoms with van der Waals surface area (Å²) in [5.74, 6) is -0.379. The van der Waals surface area contributed by atoms with Crippen LogP contribution in [-0.2, 0) is 16.1 Å². The predicted molar refractivity (Wildman–Crippen MR) is 112 cm³/mol. The maximum atomic E-state index is 12.6. The van der Waals surface area contributed by atoms with Crippen LogP contribution < -0.4 is 0 Å². The van der Waals surface area contributed by atoms with Crippen LogP contribution in [-0.4, -0.2) is 5.97 Å². The summed E-state index contributed by atoms with van der Waals surface area (Å²) in [4.78, 5) is 12.6. The normalized spacial score (nSPS) is 20.1. The van der Waals surface area contributed by atoms with Gasteiger partial charge in [-0.05, 0) is 59.1 Å². The molecule has 1 aliphatic carbocycles. The second-order valence-electron chi connectivity index (χ2n) is 7.79. The predicted octanol–water partition coefficient (Wildman–Crippen LogP) is 6.60.